The van der Waals surface area contributed by atoms with Gasteiger partial charge in [0.2, 0.25) is 0 Å². The van der Waals surface area contributed by atoms with Gasteiger partial charge in [0.1, 0.15) is 17.0 Å². The topological polar surface area (TPSA) is 81.4 Å². The number of nitrogens with one attached hydrogen (secondary N) is 1. The molecule has 6 heteroatoms. The predicted octanol–water partition coefficient (Wildman–Crippen LogP) is 4.30. The summed E-state index contributed by atoms with van der Waals surface area (Å²) in [5, 5.41) is 6.81. The minimum absolute atomic E-state index is 0.197. The average molecular weight is 392 g/mol. The van der Waals surface area contributed by atoms with Gasteiger partial charge in [-0.15, -0.1) is 0 Å². The summed E-state index contributed by atoms with van der Waals surface area (Å²) in [5.74, 6) is -0.672. The van der Waals surface area contributed by atoms with Gasteiger partial charge in [-0.25, -0.2) is 4.79 Å². The molecule has 0 spiro atoms. The molecule has 150 valence electrons. The predicted molar refractivity (Wildman–Crippen MR) is 109 cm³/mol. The molecule has 1 atom stereocenters. The van der Waals surface area contributed by atoms with E-state index in [2.05, 4.69) is 10.5 Å². The summed E-state index contributed by atoms with van der Waals surface area (Å²) in [4.78, 5) is 24.8. The summed E-state index contributed by atoms with van der Waals surface area (Å²) in [7, 11) is 0. The Morgan fingerprint density at radius 2 is 1.79 bits per heavy atom. The lowest BCUT2D eigenvalue weighted by molar-refractivity contribution is -0.124. The molecule has 0 saturated heterocycles. The number of carbonyl (C=O) groups excluding carboxylic acids is 2. The molecule has 0 aliphatic heterocycles. The maximum absolute atomic E-state index is 12.6. The third kappa shape index (κ3) is 4.71. The Morgan fingerprint density at radius 3 is 2.48 bits per heavy atom. The molecule has 3 aromatic rings. The first-order chi connectivity index (χ1) is 13.9. The Morgan fingerprint density at radius 1 is 1.07 bits per heavy atom. The third-order valence-electron chi connectivity index (χ3n) is 4.86. The molecular formula is C23H24N2O4. The molecule has 1 heterocycles. The monoisotopic (exact) mass is 392 g/mol. The zero-order valence-electron chi connectivity index (χ0n) is 17.0. The summed E-state index contributed by atoms with van der Waals surface area (Å²) < 4.78 is 10.4. The number of esters is 1. The van der Waals surface area contributed by atoms with E-state index in [0.717, 1.165) is 16.7 Å². The van der Waals surface area contributed by atoms with Crippen molar-refractivity contribution < 1.29 is 18.8 Å². The molecule has 0 saturated carbocycles. The highest BCUT2D eigenvalue weighted by Gasteiger charge is 2.23. The average Bonchev–Trinajstić information content (AvgIpc) is 3.10. The van der Waals surface area contributed by atoms with E-state index in [4.69, 9.17) is 9.26 Å². The van der Waals surface area contributed by atoms with E-state index in [1.54, 1.807) is 6.92 Å². The van der Waals surface area contributed by atoms with Gasteiger partial charge in [-0.05, 0) is 44.4 Å². The smallest absolute Gasteiger partial charge is 0.344 e. The summed E-state index contributed by atoms with van der Waals surface area (Å²) >= 11 is 0. The maximum atomic E-state index is 12.6. The lowest BCUT2D eigenvalue weighted by Crippen LogP contribution is -2.31. The Hall–Kier alpha value is -3.41. The number of amides is 1. The fraction of sp³-hybridized carbons (Fsp3) is 0.261. The van der Waals surface area contributed by atoms with Gasteiger partial charge >= 0.3 is 5.97 Å². The molecule has 1 amide bonds. The van der Waals surface area contributed by atoms with Crippen molar-refractivity contribution in [2.24, 2.45) is 0 Å². The number of ether oxygens (including phenoxy) is 1. The number of hydrogen-bond acceptors (Lipinski definition) is 5. The van der Waals surface area contributed by atoms with Crippen LogP contribution >= 0.6 is 0 Å². The standard InChI is InChI=1S/C23H24N2O4/c1-14-10-11-19(12-15(14)2)16(3)24-20(26)13-28-23(27)21-17(4)29-25-22(21)18-8-6-5-7-9-18/h5-12,16H,13H2,1-4H3,(H,24,26)/t16-/m0/s1. The van der Waals surface area contributed by atoms with Crippen LogP contribution in [0, 0.1) is 20.8 Å². The first-order valence-corrected chi connectivity index (χ1v) is 9.42. The summed E-state index contributed by atoms with van der Waals surface area (Å²) in [6, 6.07) is 15.1. The summed E-state index contributed by atoms with van der Waals surface area (Å²) in [5.41, 5.74) is 4.72. The van der Waals surface area contributed by atoms with Crippen LogP contribution in [0.15, 0.2) is 53.1 Å². The van der Waals surface area contributed by atoms with E-state index in [9.17, 15) is 9.59 Å². The van der Waals surface area contributed by atoms with Crippen molar-refractivity contribution in [1.29, 1.82) is 0 Å². The van der Waals surface area contributed by atoms with E-state index in [0.29, 0.717) is 11.5 Å². The third-order valence-corrected chi connectivity index (χ3v) is 4.86. The highest BCUT2D eigenvalue weighted by molar-refractivity contribution is 5.98. The molecule has 0 aliphatic rings. The molecule has 0 fully saturated rings. The maximum Gasteiger partial charge on any atom is 0.344 e. The van der Waals surface area contributed by atoms with Crippen molar-refractivity contribution in [2.75, 3.05) is 6.61 Å². The van der Waals surface area contributed by atoms with Crippen molar-refractivity contribution >= 4 is 11.9 Å². The zero-order chi connectivity index (χ0) is 21.0. The molecule has 0 bridgehead atoms. The van der Waals surface area contributed by atoms with Crippen LogP contribution in [0.3, 0.4) is 0 Å². The van der Waals surface area contributed by atoms with E-state index < -0.39 is 5.97 Å². The number of rotatable bonds is 6. The van der Waals surface area contributed by atoms with Crippen molar-refractivity contribution in [2.45, 2.75) is 33.7 Å². The molecule has 6 nitrogen and oxygen atoms in total. The van der Waals surface area contributed by atoms with Crippen LogP contribution in [-0.4, -0.2) is 23.6 Å². The molecule has 0 unspecified atom stereocenters. The number of nitrogens with zero attached hydrogens (tertiary/aromatic N) is 1. The second-order valence-electron chi connectivity index (χ2n) is 7.04. The van der Waals surface area contributed by atoms with Crippen LogP contribution in [0.5, 0.6) is 0 Å². The molecule has 2 aromatic carbocycles. The Balaban J connectivity index is 1.63. The van der Waals surface area contributed by atoms with E-state index in [-0.39, 0.29) is 24.1 Å². The lowest BCUT2D eigenvalue weighted by atomic mass is 10.0. The van der Waals surface area contributed by atoms with Gasteiger partial charge in [-0.1, -0.05) is 53.7 Å². The Labute approximate surface area is 169 Å². The fourth-order valence-electron chi connectivity index (χ4n) is 3.01. The van der Waals surface area contributed by atoms with E-state index in [1.807, 2.05) is 69.3 Å². The highest BCUT2D eigenvalue weighted by atomic mass is 16.5. The molecule has 0 aliphatic carbocycles. The van der Waals surface area contributed by atoms with Gasteiger partial charge in [-0.3, -0.25) is 4.79 Å². The number of carbonyl (C=O) groups is 2. The Bertz CT molecular complexity index is 1020. The van der Waals surface area contributed by atoms with Gasteiger partial charge in [-0.2, -0.15) is 0 Å². The van der Waals surface area contributed by atoms with Gasteiger partial charge < -0.3 is 14.6 Å². The molecule has 0 radical (unpaired) electrons. The second-order valence-corrected chi connectivity index (χ2v) is 7.04. The molecule has 29 heavy (non-hydrogen) atoms. The number of aryl methyl sites for hydroxylation is 3. The van der Waals surface area contributed by atoms with E-state index >= 15 is 0 Å². The van der Waals surface area contributed by atoms with Crippen LogP contribution in [0.2, 0.25) is 0 Å². The molecule has 1 aromatic heterocycles. The van der Waals surface area contributed by atoms with Crippen molar-refractivity contribution in [3.63, 3.8) is 0 Å². The molecular weight excluding hydrogens is 368 g/mol. The number of hydrogen-bond donors (Lipinski definition) is 1. The lowest BCUT2D eigenvalue weighted by Gasteiger charge is -2.15. The molecule has 3 rings (SSSR count). The minimum Gasteiger partial charge on any atom is -0.452 e. The van der Waals surface area contributed by atoms with Gasteiger partial charge in [0.25, 0.3) is 5.91 Å². The summed E-state index contributed by atoms with van der Waals surface area (Å²) in [6.07, 6.45) is 0. The van der Waals surface area contributed by atoms with Crippen LogP contribution in [0.25, 0.3) is 11.3 Å². The van der Waals surface area contributed by atoms with Crippen LogP contribution < -0.4 is 5.32 Å². The van der Waals surface area contributed by atoms with Crippen LogP contribution in [0.4, 0.5) is 0 Å². The number of aromatic nitrogens is 1. The first kappa shape index (κ1) is 20.3. The zero-order valence-corrected chi connectivity index (χ0v) is 17.0. The van der Waals surface area contributed by atoms with Gasteiger partial charge in [0.05, 0.1) is 6.04 Å². The van der Waals surface area contributed by atoms with Crippen molar-refractivity contribution in [3.8, 4) is 11.3 Å². The Kier molecular flexibility index (Phi) is 6.12. The largest absolute Gasteiger partial charge is 0.452 e. The van der Waals surface area contributed by atoms with Crippen LogP contribution in [0.1, 0.15) is 45.8 Å². The van der Waals surface area contributed by atoms with Gasteiger partial charge in [0.15, 0.2) is 6.61 Å². The van der Waals surface area contributed by atoms with Crippen molar-refractivity contribution in [3.05, 3.63) is 76.5 Å². The normalized spacial score (nSPS) is 11.7. The fourth-order valence-corrected chi connectivity index (χ4v) is 3.01. The number of benzene rings is 2. The highest BCUT2D eigenvalue weighted by Crippen LogP contribution is 2.25. The molecule has 1 N–H and O–H groups in total. The summed E-state index contributed by atoms with van der Waals surface area (Å²) in [6.45, 7) is 7.21. The second kappa shape index (κ2) is 8.73. The SMILES string of the molecule is Cc1ccc([C@H](C)NC(=O)COC(=O)c2c(-c3ccccc3)noc2C)cc1C. The van der Waals surface area contributed by atoms with Crippen LogP contribution in [-0.2, 0) is 9.53 Å². The quantitative estimate of drug-likeness (QED) is 0.633. The van der Waals surface area contributed by atoms with E-state index in [1.165, 1.54) is 5.56 Å². The van der Waals surface area contributed by atoms with Crippen molar-refractivity contribution in [1.82, 2.24) is 10.5 Å². The first-order valence-electron chi connectivity index (χ1n) is 9.42. The van der Waals surface area contributed by atoms with Gasteiger partial charge in [0, 0.05) is 5.56 Å². The minimum atomic E-state index is -0.642.